The molecule has 0 saturated heterocycles. The van der Waals surface area contributed by atoms with Crippen molar-refractivity contribution in [1.29, 1.82) is 0 Å². The minimum absolute atomic E-state index is 0.146. The highest BCUT2D eigenvalue weighted by Crippen LogP contribution is 2.32. The first-order chi connectivity index (χ1) is 8.04. The lowest BCUT2D eigenvalue weighted by atomic mass is 10.0. The van der Waals surface area contributed by atoms with Crippen molar-refractivity contribution in [2.45, 2.75) is 43.3 Å². The lowest BCUT2D eigenvalue weighted by molar-refractivity contribution is -0.140. The first kappa shape index (κ1) is 14.1. The molecule has 1 aromatic carbocycles. The summed E-state index contributed by atoms with van der Waals surface area (Å²) in [7, 11) is 1.43. The van der Waals surface area contributed by atoms with Crippen LogP contribution < -0.4 is 0 Å². The van der Waals surface area contributed by atoms with Gasteiger partial charge < -0.3 is 4.74 Å². The van der Waals surface area contributed by atoms with E-state index in [2.05, 4.69) is 43.7 Å². The molecule has 0 heterocycles. The maximum absolute atomic E-state index is 11.2. The van der Waals surface area contributed by atoms with Gasteiger partial charge in [0.15, 0.2) is 0 Å². The fourth-order valence-electron chi connectivity index (χ4n) is 1.64. The van der Waals surface area contributed by atoms with Gasteiger partial charge in [0.25, 0.3) is 0 Å². The van der Waals surface area contributed by atoms with Crippen molar-refractivity contribution in [3.63, 3.8) is 0 Å². The van der Waals surface area contributed by atoms with Crippen LogP contribution in [0.2, 0.25) is 0 Å². The molecule has 0 saturated carbocycles. The van der Waals surface area contributed by atoms with E-state index < -0.39 is 0 Å². The Bertz CT molecular complexity index is 374. The van der Waals surface area contributed by atoms with Crippen molar-refractivity contribution in [3.8, 4) is 0 Å². The van der Waals surface area contributed by atoms with Gasteiger partial charge in [0.05, 0.1) is 13.5 Å². The minimum Gasteiger partial charge on any atom is -0.469 e. The molecule has 1 aromatic rings. The molecule has 0 aliphatic heterocycles. The maximum Gasteiger partial charge on any atom is 0.306 e. The molecule has 0 aliphatic carbocycles. The summed E-state index contributed by atoms with van der Waals surface area (Å²) in [6.45, 7) is 6.42. The number of carbonyl (C=O) groups excluding carboxylic acids is 1. The molecule has 2 nitrogen and oxygen atoms in total. The van der Waals surface area contributed by atoms with Crippen LogP contribution in [0.15, 0.2) is 29.2 Å². The van der Waals surface area contributed by atoms with E-state index in [1.807, 2.05) is 6.07 Å². The second kappa shape index (κ2) is 6.70. The summed E-state index contributed by atoms with van der Waals surface area (Å²) in [6.07, 6.45) is 0.452. The molecular formula is C14H20O2S. The molecule has 94 valence electrons. The van der Waals surface area contributed by atoms with Crippen molar-refractivity contribution >= 4 is 17.7 Å². The first-order valence-electron chi connectivity index (χ1n) is 5.87. The molecule has 17 heavy (non-hydrogen) atoms. The third-order valence-electron chi connectivity index (χ3n) is 2.55. The number of carbonyl (C=O) groups is 1. The van der Waals surface area contributed by atoms with Crippen molar-refractivity contribution in [2.75, 3.05) is 7.11 Å². The zero-order valence-electron chi connectivity index (χ0n) is 10.9. The molecule has 0 fully saturated rings. The van der Waals surface area contributed by atoms with Gasteiger partial charge in [0.2, 0.25) is 0 Å². The number of esters is 1. The second-order valence-corrected chi connectivity index (χ2v) is 5.88. The van der Waals surface area contributed by atoms with Gasteiger partial charge in [-0.05, 0) is 17.5 Å². The molecule has 0 N–H and O–H groups in total. The third kappa shape index (κ3) is 4.43. The van der Waals surface area contributed by atoms with Crippen LogP contribution in [0.25, 0.3) is 0 Å². The Morgan fingerprint density at radius 1 is 1.29 bits per heavy atom. The fraction of sp³-hybridized carbons (Fsp3) is 0.500. The van der Waals surface area contributed by atoms with Crippen molar-refractivity contribution in [3.05, 3.63) is 29.8 Å². The molecule has 1 atom stereocenters. The average molecular weight is 252 g/mol. The van der Waals surface area contributed by atoms with E-state index in [9.17, 15) is 4.79 Å². The van der Waals surface area contributed by atoms with Gasteiger partial charge in [0, 0.05) is 10.1 Å². The first-order valence-corrected chi connectivity index (χ1v) is 6.75. The SMILES string of the molecule is COC(=O)C[C@H](C)Sc1ccccc1C(C)C. The van der Waals surface area contributed by atoms with E-state index in [1.54, 1.807) is 11.8 Å². The van der Waals surface area contributed by atoms with Crippen LogP contribution in [0.5, 0.6) is 0 Å². The quantitative estimate of drug-likeness (QED) is 0.588. The Hall–Kier alpha value is -0.960. The summed E-state index contributed by atoms with van der Waals surface area (Å²) in [5.74, 6) is 0.357. The highest BCUT2D eigenvalue weighted by molar-refractivity contribution is 8.00. The molecule has 0 radical (unpaired) electrons. The highest BCUT2D eigenvalue weighted by atomic mass is 32.2. The van der Waals surface area contributed by atoms with Crippen LogP contribution in [0, 0.1) is 0 Å². The Labute approximate surface area is 108 Å². The monoisotopic (exact) mass is 252 g/mol. The fourth-order valence-corrected chi connectivity index (χ4v) is 2.89. The van der Waals surface area contributed by atoms with Crippen LogP contribution in [-0.4, -0.2) is 18.3 Å². The smallest absolute Gasteiger partial charge is 0.306 e. The summed E-state index contributed by atoms with van der Waals surface area (Å²) in [5, 5.41) is 0.238. The van der Waals surface area contributed by atoms with Gasteiger partial charge in [-0.2, -0.15) is 0 Å². The summed E-state index contributed by atoms with van der Waals surface area (Å²) >= 11 is 1.74. The van der Waals surface area contributed by atoms with Gasteiger partial charge in [-0.1, -0.05) is 39.0 Å². The molecular weight excluding hydrogens is 232 g/mol. The van der Waals surface area contributed by atoms with Crippen LogP contribution in [0.3, 0.4) is 0 Å². The van der Waals surface area contributed by atoms with Crippen LogP contribution >= 0.6 is 11.8 Å². The van der Waals surface area contributed by atoms with Gasteiger partial charge in [-0.25, -0.2) is 0 Å². The summed E-state index contributed by atoms with van der Waals surface area (Å²) < 4.78 is 4.68. The highest BCUT2D eigenvalue weighted by Gasteiger charge is 2.13. The molecule has 0 spiro atoms. The topological polar surface area (TPSA) is 26.3 Å². The van der Waals surface area contributed by atoms with Gasteiger partial charge in [-0.3, -0.25) is 4.79 Å². The van der Waals surface area contributed by atoms with E-state index >= 15 is 0 Å². The number of hydrogen-bond donors (Lipinski definition) is 0. The lowest BCUT2D eigenvalue weighted by Gasteiger charge is -2.15. The second-order valence-electron chi connectivity index (χ2n) is 4.40. The van der Waals surface area contributed by atoms with Crippen molar-refractivity contribution < 1.29 is 9.53 Å². The average Bonchev–Trinajstić information content (AvgIpc) is 2.29. The molecule has 0 amide bonds. The standard InChI is InChI=1S/C14H20O2S/c1-10(2)12-7-5-6-8-13(12)17-11(3)9-14(15)16-4/h5-8,10-11H,9H2,1-4H3/t11-/m0/s1. The minimum atomic E-state index is -0.146. The maximum atomic E-state index is 11.2. The zero-order chi connectivity index (χ0) is 12.8. The number of benzene rings is 1. The Kier molecular flexibility index (Phi) is 5.56. The van der Waals surface area contributed by atoms with Crippen LogP contribution in [0.4, 0.5) is 0 Å². The lowest BCUT2D eigenvalue weighted by Crippen LogP contribution is -2.08. The number of methoxy groups -OCH3 is 1. The van der Waals surface area contributed by atoms with E-state index in [4.69, 9.17) is 0 Å². The molecule has 0 bridgehead atoms. The van der Waals surface area contributed by atoms with Crippen LogP contribution in [0.1, 0.15) is 38.7 Å². The predicted octanol–water partition coefficient (Wildman–Crippen LogP) is 3.85. The zero-order valence-corrected chi connectivity index (χ0v) is 11.7. The Balaban J connectivity index is 2.71. The molecule has 3 heteroatoms. The normalized spacial score (nSPS) is 12.5. The summed E-state index contributed by atoms with van der Waals surface area (Å²) in [6, 6.07) is 8.37. The molecule has 0 aromatic heterocycles. The van der Waals surface area contributed by atoms with Gasteiger partial charge >= 0.3 is 5.97 Å². The largest absolute Gasteiger partial charge is 0.469 e. The number of hydrogen-bond acceptors (Lipinski definition) is 3. The van der Waals surface area contributed by atoms with Crippen LogP contribution in [-0.2, 0) is 9.53 Å². The Morgan fingerprint density at radius 2 is 1.94 bits per heavy atom. The predicted molar refractivity (Wildman–Crippen MR) is 72.5 cm³/mol. The van der Waals surface area contributed by atoms with E-state index in [-0.39, 0.29) is 11.2 Å². The molecule has 1 rings (SSSR count). The summed E-state index contributed by atoms with van der Waals surface area (Å²) in [5.41, 5.74) is 1.34. The molecule has 0 unspecified atom stereocenters. The van der Waals surface area contributed by atoms with Gasteiger partial charge in [-0.15, -0.1) is 11.8 Å². The molecule has 0 aliphatic rings. The van der Waals surface area contributed by atoms with Crippen molar-refractivity contribution in [2.24, 2.45) is 0 Å². The number of rotatable bonds is 5. The van der Waals surface area contributed by atoms with E-state index in [1.165, 1.54) is 17.6 Å². The third-order valence-corrected chi connectivity index (χ3v) is 3.75. The van der Waals surface area contributed by atoms with Crippen molar-refractivity contribution in [1.82, 2.24) is 0 Å². The van der Waals surface area contributed by atoms with Gasteiger partial charge in [0.1, 0.15) is 0 Å². The van der Waals surface area contributed by atoms with E-state index in [0.29, 0.717) is 12.3 Å². The Morgan fingerprint density at radius 3 is 2.53 bits per heavy atom. The summed E-state index contributed by atoms with van der Waals surface area (Å²) in [4.78, 5) is 12.5. The number of ether oxygens (including phenoxy) is 1. The van der Waals surface area contributed by atoms with E-state index in [0.717, 1.165) is 0 Å². The number of thioether (sulfide) groups is 1.